The summed E-state index contributed by atoms with van der Waals surface area (Å²) in [6.45, 7) is 3.95. The zero-order chi connectivity index (χ0) is 13.2. The summed E-state index contributed by atoms with van der Waals surface area (Å²) in [6.07, 6.45) is 3.29. The molecule has 0 unspecified atom stereocenters. The highest BCUT2D eigenvalue weighted by molar-refractivity contribution is 5.98. The van der Waals surface area contributed by atoms with Gasteiger partial charge in [-0.25, -0.2) is 0 Å². The lowest BCUT2D eigenvalue weighted by Gasteiger charge is -2.20. The molecule has 0 bridgehead atoms. The van der Waals surface area contributed by atoms with E-state index < -0.39 is 5.41 Å². The van der Waals surface area contributed by atoms with Crippen LogP contribution in [0.2, 0.25) is 0 Å². The molecule has 3 nitrogen and oxygen atoms in total. The molecule has 0 aliphatic heterocycles. The van der Waals surface area contributed by atoms with Gasteiger partial charge in [0.2, 0.25) is 5.91 Å². The zero-order valence-electron chi connectivity index (χ0n) is 10.9. The average molecular weight is 242 g/mol. The Morgan fingerprint density at radius 2 is 2.00 bits per heavy atom. The molecular weight excluding hydrogens is 224 g/mol. The first-order chi connectivity index (χ1) is 8.57. The zero-order valence-corrected chi connectivity index (χ0v) is 10.9. The van der Waals surface area contributed by atoms with Crippen molar-refractivity contribution in [2.45, 2.75) is 39.5 Å². The Hall–Kier alpha value is -1.82. The number of nitrogens with zero attached hydrogens (tertiary/aromatic N) is 1. The van der Waals surface area contributed by atoms with Crippen molar-refractivity contribution in [2.75, 3.05) is 5.32 Å². The molecule has 94 valence electrons. The van der Waals surface area contributed by atoms with Crippen LogP contribution >= 0.6 is 0 Å². The minimum atomic E-state index is -0.809. The van der Waals surface area contributed by atoms with Gasteiger partial charge in [0.05, 0.1) is 6.07 Å². The predicted octanol–water partition coefficient (Wildman–Crippen LogP) is 3.33. The standard InChI is InChI=1S/C15H18N2O/c1-11-5-6-12(2)13(9-11)17-14(18)15(10-16)7-3-4-8-15/h5-6,9H,3-4,7-8H2,1-2H3,(H,17,18). The summed E-state index contributed by atoms with van der Waals surface area (Å²) in [4.78, 5) is 12.3. The SMILES string of the molecule is Cc1ccc(C)c(NC(=O)C2(C#N)CCCC2)c1. The summed E-state index contributed by atoms with van der Waals surface area (Å²) in [7, 11) is 0. The van der Waals surface area contributed by atoms with E-state index in [9.17, 15) is 10.1 Å². The molecule has 1 aliphatic carbocycles. The molecule has 0 heterocycles. The van der Waals surface area contributed by atoms with E-state index in [0.717, 1.165) is 29.7 Å². The van der Waals surface area contributed by atoms with E-state index in [1.807, 2.05) is 32.0 Å². The van der Waals surface area contributed by atoms with Crippen molar-refractivity contribution in [3.05, 3.63) is 29.3 Å². The minimum Gasteiger partial charge on any atom is -0.324 e. The summed E-state index contributed by atoms with van der Waals surface area (Å²) in [5, 5.41) is 12.2. The topological polar surface area (TPSA) is 52.9 Å². The van der Waals surface area contributed by atoms with Crippen LogP contribution in [0, 0.1) is 30.6 Å². The number of nitriles is 1. The van der Waals surface area contributed by atoms with E-state index in [4.69, 9.17) is 0 Å². The fourth-order valence-electron chi connectivity index (χ4n) is 2.48. The van der Waals surface area contributed by atoms with E-state index in [1.165, 1.54) is 0 Å². The van der Waals surface area contributed by atoms with Crippen molar-refractivity contribution in [3.63, 3.8) is 0 Å². The maximum atomic E-state index is 12.3. The Bertz CT molecular complexity index is 508. The maximum Gasteiger partial charge on any atom is 0.244 e. The van der Waals surface area contributed by atoms with Crippen molar-refractivity contribution in [1.82, 2.24) is 0 Å². The van der Waals surface area contributed by atoms with Crippen LogP contribution in [0.1, 0.15) is 36.8 Å². The van der Waals surface area contributed by atoms with E-state index in [1.54, 1.807) is 0 Å². The van der Waals surface area contributed by atoms with Gasteiger partial charge in [-0.3, -0.25) is 4.79 Å². The molecule has 1 aromatic carbocycles. The van der Waals surface area contributed by atoms with Crippen molar-refractivity contribution in [1.29, 1.82) is 5.26 Å². The molecule has 1 fully saturated rings. The van der Waals surface area contributed by atoms with Gasteiger partial charge in [-0.15, -0.1) is 0 Å². The molecule has 3 heteroatoms. The molecule has 1 aliphatic rings. The molecule has 1 amide bonds. The largest absolute Gasteiger partial charge is 0.324 e. The summed E-state index contributed by atoms with van der Waals surface area (Å²) in [5.41, 5.74) is 2.14. The third kappa shape index (κ3) is 2.24. The fourth-order valence-corrected chi connectivity index (χ4v) is 2.48. The number of amides is 1. The van der Waals surface area contributed by atoms with Crippen LogP contribution in [0.25, 0.3) is 0 Å². The van der Waals surface area contributed by atoms with Gasteiger partial charge < -0.3 is 5.32 Å². The Balaban J connectivity index is 2.21. The first-order valence-electron chi connectivity index (χ1n) is 6.37. The molecule has 0 atom stereocenters. The molecule has 0 aromatic heterocycles. The number of hydrogen-bond acceptors (Lipinski definition) is 2. The Morgan fingerprint density at radius 3 is 2.61 bits per heavy atom. The lowest BCUT2D eigenvalue weighted by Crippen LogP contribution is -2.32. The van der Waals surface area contributed by atoms with Gasteiger partial charge in [-0.1, -0.05) is 25.0 Å². The summed E-state index contributed by atoms with van der Waals surface area (Å²) < 4.78 is 0. The fraction of sp³-hybridized carbons (Fsp3) is 0.467. The van der Waals surface area contributed by atoms with E-state index in [2.05, 4.69) is 11.4 Å². The molecule has 0 spiro atoms. The van der Waals surface area contributed by atoms with Gasteiger partial charge in [0.25, 0.3) is 0 Å². The van der Waals surface area contributed by atoms with Crippen molar-refractivity contribution in [2.24, 2.45) is 5.41 Å². The van der Waals surface area contributed by atoms with Gasteiger partial charge in [0.15, 0.2) is 0 Å². The molecule has 1 N–H and O–H groups in total. The Kier molecular flexibility index (Phi) is 3.38. The van der Waals surface area contributed by atoms with Gasteiger partial charge in [-0.2, -0.15) is 5.26 Å². The van der Waals surface area contributed by atoms with Crippen molar-refractivity contribution in [3.8, 4) is 6.07 Å². The predicted molar refractivity (Wildman–Crippen MR) is 71.1 cm³/mol. The second-order valence-electron chi connectivity index (χ2n) is 5.17. The molecule has 18 heavy (non-hydrogen) atoms. The highest BCUT2D eigenvalue weighted by Gasteiger charge is 2.41. The quantitative estimate of drug-likeness (QED) is 0.864. The Labute approximate surface area is 108 Å². The second kappa shape index (κ2) is 4.81. The van der Waals surface area contributed by atoms with Gasteiger partial charge in [-0.05, 0) is 43.9 Å². The van der Waals surface area contributed by atoms with E-state index in [-0.39, 0.29) is 5.91 Å². The lowest BCUT2D eigenvalue weighted by atomic mass is 9.87. The van der Waals surface area contributed by atoms with Crippen LogP contribution in [0.5, 0.6) is 0 Å². The van der Waals surface area contributed by atoms with Crippen LogP contribution < -0.4 is 5.32 Å². The van der Waals surface area contributed by atoms with Crippen molar-refractivity contribution < 1.29 is 4.79 Å². The molecule has 2 rings (SSSR count). The summed E-state index contributed by atoms with van der Waals surface area (Å²) in [5.74, 6) is -0.142. The second-order valence-corrected chi connectivity index (χ2v) is 5.17. The number of carbonyl (C=O) groups is 1. The van der Waals surface area contributed by atoms with E-state index in [0.29, 0.717) is 12.8 Å². The third-order valence-electron chi connectivity index (χ3n) is 3.75. The Morgan fingerprint density at radius 1 is 1.33 bits per heavy atom. The number of hydrogen-bond donors (Lipinski definition) is 1. The molecule has 1 saturated carbocycles. The number of benzene rings is 1. The van der Waals surface area contributed by atoms with Crippen LogP contribution in [0.4, 0.5) is 5.69 Å². The number of carbonyl (C=O) groups excluding carboxylic acids is 1. The minimum absolute atomic E-state index is 0.142. The highest BCUT2D eigenvalue weighted by Crippen LogP contribution is 2.38. The average Bonchev–Trinajstić information content (AvgIpc) is 2.84. The number of nitrogens with one attached hydrogen (secondary N) is 1. The van der Waals surface area contributed by atoms with Crippen LogP contribution in [-0.4, -0.2) is 5.91 Å². The molecular formula is C15H18N2O. The van der Waals surface area contributed by atoms with Crippen LogP contribution in [0.3, 0.4) is 0 Å². The van der Waals surface area contributed by atoms with E-state index >= 15 is 0 Å². The van der Waals surface area contributed by atoms with Crippen molar-refractivity contribution >= 4 is 11.6 Å². The van der Waals surface area contributed by atoms with Crippen LogP contribution in [-0.2, 0) is 4.79 Å². The monoisotopic (exact) mass is 242 g/mol. The highest BCUT2D eigenvalue weighted by atomic mass is 16.2. The summed E-state index contributed by atoms with van der Waals surface area (Å²) in [6, 6.07) is 8.17. The molecule has 0 radical (unpaired) electrons. The smallest absolute Gasteiger partial charge is 0.244 e. The molecule has 0 saturated heterocycles. The van der Waals surface area contributed by atoms with Gasteiger partial charge in [0.1, 0.15) is 5.41 Å². The maximum absolute atomic E-state index is 12.3. The lowest BCUT2D eigenvalue weighted by molar-refractivity contribution is -0.122. The van der Waals surface area contributed by atoms with Crippen LogP contribution in [0.15, 0.2) is 18.2 Å². The third-order valence-corrected chi connectivity index (χ3v) is 3.75. The summed E-state index contributed by atoms with van der Waals surface area (Å²) >= 11 is 0. The first-order valence-corrected chi connectivity index (χ1v) is 6.37. The number of anilines is 1. The van der Waals surface area contributed by atoms with Gasteiger partial charge in [0, 0.05) is 5.69 Å². The molecule has 1 aromatic rings. The van der Waals surface area contributed by atoms with Gasteiger partial charge >= 0.3 is 0 Å². The number of rotatable bonds is 2. The first kappa shape index (κ1) is 12.6. The number of aryl methyl sites for hydroxylation is 2. The normalized spacial score (nSPS) is 17.2.